The number of benzene rings is 1. The van der Waals surface area contributed by atoms with Crippen LogP contribution >= 0.6 is 0 Å². The fraction of sp³-hybridized carbons (Fsp3) is 0.400. The molecule has 108 valence electrons. The monoisotopic (exact) mass is 292 g/mol. The molecule has 2 rings (SSSR count). The van der Waals surface area contributed by atoms with E-state index in [1.165, 1.54) is 4.31 Å². The first kappa shape index (κ1) is 14.9. The van der Waals surface area contributed by atoms with E-state index in [4.69, 9.17) is 0 Å². The topological polar surface area (TPSA) is 50.3 Å². The van der Waals surface area contributed by atoms with Gasteiger partial charge in [0.2, 0.25) is 10.0 Å². The lowest BCUT2D eigenvalue weighted by Crippen LogP contribution is -2.28. The van der Waals surface area contributed by atoms with E-state index in [0.717, 1.165) is 22.8 Å². The molecule has 0 atom stereocenters. The van der Waals surface area contributed by atoms with Crippen molar-refractivity contribution in [1.29, 1.82) is 0 Å². The van der Waals surface area contributed by atoms with Crippen molar-refractivity contribution in [2.75, 3.05) is 12.8 Å². The Morgan fingerprint density at radius 1 is 1.25 bits per heavy atom. The van der Waals surface area contributed by atoms with E-state index in [-0.39, 0.29) is 5.75 Å². The minimum Gasteiger partial charge on any atom is -0.264 e. The zero-order chi connectivity index (χ0) is 14.6. The minimum atomic E-state index is -3.17. The molecule has 0 N–H and O–H groups in total. The van der Waals surface area contributed by atoms with Crippen LogP contribution in [-0.2, 0) is 16.6 Å². The number of hydrogen-bond acceptors (Lipinski definition) is 3. The van der Waals surface area contributed by atoms with Crippen LogP contribution in [0.15, 0.2) is 36.7 Å². The molecule has 4 nitrogen and oxygen atoms in total. The van der Waals surface area contributed by atoms with Crippen molar-refractivity contribution in [3.05, 3.63) is 42.2 Å². The van der Waals surface area contributed by atoms with Gasteiger partial charge in [-0.05, 0) is 23.4 Å². The predicted octanol–water partition coefficient (Wildman–Crippen LogP) is 2.80. The summed E-state index contributed by atoms with van der Waals surface area (Å²) in [6.07, 6.45) is 5.11. The van der Waals surface area contributed by atoms with Crippen molar-refractivity contribution < 1.29 is 8.42 Å². The third-order valence-corrected chi connectivity index (χ3v) is 5.28. The van der Waals surface area contributed by atoms with E-state index in [0.29, 0.717) is 13.0 Å². The van der Waals surface area contributed by atoms with Gasteiger partial charge in [-0.3, -0.25) is 4.98 Å². The summed E-state index contributed by atoms with van der Waals surface area (Å²) < 4.78 is 25.7. The summed E-state index contributed by atoms with van der Waals surface area (Å²) in [5, 5.41) is 2.09. The SMILES string of the molecule is CCCCS(=O)(=O)N(C)Cc1cccc2cnccc12. The van der Waals surface area contributed by atoms with E-state index < -0.39 is 10.0 Å². The molecule has 1 aromatic heterocycles. The molecule has 1 heterocycles. The molecule has 0 aliphatic heterocycles. The molecule has 0 saturated carbocycles. The Morgan fingerprint density at radius 3 is 2.80 bits per heavy atom. The highest BCUT2D eigenvalue weighted by molar-refractivity contribution is 7.89. The summed E-state index contributed by atoms with van der Waals surface area (Å²) in [5.41, 5.74) is 1.01. The van der Waals surface area contributed by atoms with Crippen LogP contribution in [0.1, 0.15) is 25.3 Å². The number of nitrogens with zero attached hydrogens (tertiary/aromatic N) is 2. The van der Waals surface area contributed by atoms with E-state index in [1.54, 1.807) is 19.4 Å². The molecule has 0 aliphatic carbocycles. The van der Waals surface area contributed by atoms with Crippen molar-refractivity contribution in [3.8, 4) is 0 Å². The van der Waals surface area contributed by atoms with Crippen LogP contribution in [0.2, 0.25) is 0 Å². The van der Waals surface area contributed by atoms with Gasteiger partial charge in [0.15, 0.2) is 0 Å². The number of aromatic nitrogens is 1. The standard InChI is InChI=1S/C15H20N2O2S/c1-3-4-10-20(18,19)17(2)12-14-7-5-6-13-11-16-9-8-15(13)14/h5-9,11H,3-4,10,12H2,1-2H3. The molecule has 0 saturated heterocycles. The molecule has 1 aromatic carbocycles. The molecule has 0 radical (unpaired) electrons. The van der Waals surface area contributed by atoms with Crippen molar-refractivity contribution in [1.82, 2.24) is 9.29 Å². The number of fused-ring (bicyclic) bond motifs is 1. The summed E-state index contributed by atoms with van der Waals surface area (Å²) in [7, 11) is -1.53. The van der Waals surface area contributed by atoms with Crippen LogP contribution in [0.25, 0.3) is 10.8 Å². The number of sulfonamides is 1. The second kappa shape index (κ2) is 6.33. The Balaban J connectivity index is 2.24. The normalized spacial score (nSPS) is 12.2. The van der Waals surface area contributed by atoms with Gasteiger partial charge < -0.3 is 0 Å². The Bertz CT molecular complexity index is 678. The summed E-state index contributed by atoms with van der Waals surface area (Å²) in [5.74, 6) is 0.215. The fourth-order valence-electron chi connectivity index (χ4n) is 2.15. The van der Waals surface area contributed by atoms with Gasteiger partial charge in [-0.25, -0.2) is 12.7 Å². The summed E-state index contributed by atoms with van der Waals surface area (Å²) in [6.45, 7) is 2.39. The molecule has 2 aromatic rings. The largest absolute Gasteiger partial charge is 0.264 e. The highest BCUT2D eigenvalue weighted by Crippen LogP contribution is 2.19. The third-order valence-electron chi connectivity index (χ3n) is 3.39. The first-order valence-corrected chi connectivity index (χ1v) is 8.41. The van der Waals surface area contributed by atoms with Crippen molar-refractivity contribution >= 4 is 20.8 Å². The fourth-order valence-corrected chi connectivity index (χ4v) is 3.45. The maximum atomic E-state index is 12.1. The lowest BCUT2D eigenvalue weighted by atomic mass is 10.1. The van der Waals surface area contributed by atoms with E-state index in [2.05, 4.69) is 4.98 Å². The second-order valence-corrected chi connectivity index (χ2v) is 7.13. The van der Waals surface area contributed by atoms with Crippen LogP contribution in [0.4, 0.5) is 0 Å². The van der Waals surface area contributed by atoms with Gasteiger partial charge in [-0.2, -0.15) is 0 Å². The first-order chi connectivity index (χ1) is 9.54. The molecule has 5 heteroatoms. The summed E-state index contributed by atoms with van der Waals surface area (Å²) in [4.78, 5) is 4.09. The number of unbranched alkanes of at least 4 members (excludes halogenated alkanes) is 1. The Hall–Kier alpha value is -1.46. The molecule has 0 fully saturated rings. The lowest BCUT2D eigenvalue weighted by molar-refractivity contribution is 0.466. The molecular formula is C15H20N2O2S. The average molecular weight is 292 g/mol. The summed E-state index contributed by atoms with van der Waals surface area (Å²) in [6, 6.07) is 7.81. The average Bonchev–Trinajstić information content (AvgIpc) is 2.45. The summed E-state index contributed by atoms with van der Waals surface area (Å²) >= 11 is 0. The third kappa shape index (κ3) is 3.35. The zero-order valence-electron chi connectivity index (χ0n) is 11.9. The minimum absolute atomic E-state index is 0.215. The Kier molecular flexibility index (Phi) is 4.73. The maximum absolute atomic E-state index is 12.1. The highest BCUT2D eigenvalue weighted by atomic mass is 32.2. The zero-order valence-corrected chi connectivity index (χ0v) is 12.7. The molecule has 0 unspecified atom stereocenters. The predicted molar refractivity (Wildman–Crippen MR) is 81.9 cm³/mol. The molecule has 0 amide bonds. The molecule has 0 bridgehead atoms. The highest BCUT2D eigenvalue weighted by Gasteiger charge is 2.17. The van der Waals surface area contributed by atoms with Crippen LogP contribution in [0.5, 0.6) is 0 Å². The number of hydrogen-bond donors (Lipinski definition) is 0. The molecular weight excluding hydrogens is 272 g/mol. The van der Waals surface area contributed by atoms with E-state index in [9.17, 15) is 8.42 Å². The van der Waals surface area contributed by atoms with Gasteiger partial charge in [-0.15, -0.1) is 0 Å². The van der Waals surface area contributed by atoms with Crippen LogP contribution in [0.3, 0.4) is 0 Å². The lowest BCUT2D eigenvalue weighted by Gasteiger charge is -2.18. The smallest absolute Gasteiger partial charge is 0.214 e. The maximum Gasteiger partial charge on any atom is 0.214 e. The van der Waals surface area contributed by atoms with E-state index in [1.807, 2.05) is 31.2 Å². The first-order valence-electron chi connectivity index (χ1n) is 6.80. The van der Waals surface area contributed by atoms with Gasteiger partial charge in [0, 0.05) is 31.4 Å². The number of rotatable bonds is 6. The quantitative estimate of drug-likeness (QED) is 0.822. The van der Waals surface area contributed by atoms with Crippen LogP contribution < -0.4 is 0 Å². The van der Waals surface area contributed by atoms with Gasteiger partial charge in [0.05, 0.1) is 5.75 Å². The molecule has 0 spiro atoms. The van der Waals surface area contributed by atoms with Crippen molar-refractivity contribution in [2.24, 2.45) is 0 Å². The molecule has 20 heavy (non-hydrogen) atoms. The second-order valence-electron chi connectivity index (χ2n) is 4.94. The number of pyridine rings is 1. The van der Waals surface area contributed by atoms with Crippen LogP contribution in [0, 0.1) is 0 Å². The van der Waals surface area contributed by atoms with Gasteiger partial charge in [0.1, 0.15) is 0 Å². The van der Waals surface area contributed by atoms with E-state index >= 15 is 0 Å². The molecule has 0 aliphatic rings. The van der Waals surface area contributed by atoms with Crippen LogP contribution in [-0.4, -0.2) is 30.5 Å². The van der Waals surface area contributed by atoms with Gasteiger partial charge in [0.25, 0.3) is 0 Å². The van der Waals surface area contributed by atoms with Crippen molar-refractivity contribution in [2.45, 2.75) is 26.3 Å². The Morgan fingerprint density at radius 2 is 2.05 bits per heavy atom. The van der Waals surface area contributed by atoms with Gasteiger partial charge >= 0.3 is 0 Å². The van der Waals surface area contributed by atoms with Crippen molar-refractivity contribution in [3.63, 3.8) is 0 Å². The van der Waals surface area contributed by atoms with Gasteiger partial charge in [-0.1, -0.05) is 31.5 Å². The Labute approximate surface area is 120 Å².